The number of aliphatic hydroxyl groups excluding tert-OH is 1. The number of esters is 1. The summed E-state index contributed by atoms with van der Waals surface area (Å²) in [4.78, 5) is 60.0. The van der Waals surface area contributed by atoms with Gasteiger partial charge in [-0.05, 0) is 63.0 Å². The highest BCUT2D eigenvalue weighted by molar-refractivity contribution is 6.01. The summed E-state index contributed by atoms with van der Waals surface area (Å²) in [5.41, 5.74) is -2.10. The van der Waals surface area contributed by atoms with Crippen LogP contribution in [-0.2, 0) is 28.7 Å². The van der Waals surface area contributed by atoms with Crippen molar-refractivity contribution in [3.8, 4) is 0 Å². The van der Waals surface area contributed by atoms with Crippen LogP contribution in [0.2, 0.25) is 0 Å². The molecule has 0 aromatic rings. The van der Waals surface area contributed by atoms with Gasteiger partial charge in [-0.2, -0.15) is 0 Å². The number of aliphatic hydroxyl groups is 2. The number of aliphatic carboxylic acids is 1. The molecule has 1 unspecified atom stereocenters. The number of fused-ring (bicyclic) bond motifs is 5. The van der Waals surface area contributed by atoms with E-state index in [-0.39, 0.29) is 49.2 Å². The van der Waals surface area contributed by atoms with E-state index in [1.807, 2.05) is 13.0 Å². The number of ketones is 2. The molecule has 0 heterocycles. The van der Waals surface area contributed by atoms with E-state index < -0.39 is 58.8 Å². The van der Waals surface area contributed by atoms with Gasteiger partial charge in [-0.25, -0.2) is 0 Å². The zero-order chi connectivity index (χ0) is 28.0. The van der Waals surface area contributed by atoms with Crippen LogP contribution in [0.1, 0.15) is 65.7 Å². The smallest absolute Gasteiger partial charge is 0.325 e. The monoisotopic (exact) mass is 531 g/mol. The number of hydrogen-bond acceptors (Lipinski definition) is 8. The minimum atomic E-state index is -1.77. The Morgan fingerprint density at radius 2 is 1.89 bits per heavy atom. The highest BCUT2D eigenvalue weighted by Gasteiger charge is 2.68. The lowest BCUT2D eigenvalue weighted by atomic mass is 9.46. The van der Waals surface area contributed by atoms with E-state index in [2.05, 4.69) is 12.2 Å². The van der Waals surface area contributed by atoms with Crippen LogP contribution in [0.15, 0.2) is 23.8 Å². The number of nitrogens with one attached hydrogen (secondary N) is 1. The Hall–Kier alpha value is -2.85. The summed E-state index contributed by atoms with van der Waals surface area (Å²) in [5, 5.41) is 34.2. The Bertz CT molecular complexity index is 1110. The number of hydrogen-bond donors (Lipinski definition) is 4. The van der Waals surface area contributed by atoms with Gasteiger partial charge in [-0.1, -0.05) is 25.5 Å². The number of rotatable bonds is 8. The average Bonchev–Trinajstić information content (AvgIpc) is 3.12. The molecule has 0 radical (unpaired) electrons. The summed E-state index contributed by atoms with van der Waals surface area (Å²) in [7, 11) is 0. The van der Waals surface area contributed by atoms with Gasteiger partial charge in [0.05, 0.1) is 12.5 Å². The Balaban J connectivity index is 1.40. The maximum atomic E-state index is 13.3. The van der Waals surface area contributed by atoms with Gasteiger partial charge in [0.25, 0.3) is 0 Å². The second kappa shape index (κ2) is 10.0. The van der Waals surface area contributed by atoms with Gasteiger partial charge >= 0.3 is 11.9 Å². The van der Waals surface area contributed by atoms with Crippen LogP contribution in [0.5, 0.6) is 0 Å². The molecule has 1 amide bonds. The zero-order valence-corrected chi connectivity index (χ0v) is 22.1. The molecule has 208 valence electrons. The van der Waals surface area contributed by atoms with E-state index in [4.69, 9.17) is 9.84 Å². The summed E-state index contributed by atoms with van der Waals surface area (Å²) in [6.45, 7) is 4.54. The molecule has 3 fully saturated rings. The van der Waals surface area contributed by atoms with Crippen molar-refractivity contribution in [2.45, 2.75) is 83.5 Å². The van der Waals surface area contributed by atoms with E-state index in [1.54, 1.807) is 12.2 Å². The van der Waals surface area contributed by atoms with E-state index in [0.29, 0.717) is 6.42 Å². The molecule has 38 heavy (non-hydrogen) atoms. The molecule has 0 aromatic heterocycles. The molecule has 4 aliphatic carbocycles. The molecule has 0 aliphatic heterocycles. The number of ether oxygens (including phenoxy) is 1. The first-order valence-electron chi connectivity index (χ1n) is 13.3. The molecule has 0 spiro atoms. The van der Waals surface area contributed by atoms with Gasteiger partial charge in [0.2, 0.25) is 11.7 Å². The quantitative estimate of drug-likeness (QED) is 0.339. The number of amides is 1. The number of allylic oxidation sites excluding steroid dienone is 4. The lowest BCUT2D eigenvalue weighted by Crippen LogP contribution is -2.61. The average molecular weight is 532 g/mol. The highest BCUT2D eigenvalue weighted by atomic mass is 16.5. The van der Waals surface area contributed by atoms with E-state index in [9.17, 15) is 34.2 Å². The third-order valence-electron chi connectivity index (χ3n) is 9.78. The Kier molecular flexibility index (Phi) is 7.44. The van der Waals surface area contributed by atoms with Crippen molar-refractivity contribution in [3.05, 3.63) is 23.8 Å². The third kappa shape index (κ3) is 4.62. The van der Waals surface area contributed by atoms with Crippen LogP contribution >= 0.6 is 0 Å². The molecule has 0 saturated heterocycles. The normalized spacial score (nSPS) is 38.2. The first-order chi connectivity index (χ1) is 17.7. The minimum Gasteiger partial charge on any atom is -0.480 e. The molecule has 8 atom stereocenters. The molecular weight excluding hydrogens is 494 g/mol. The van der Waals surface area contributed by atoms with Crippen molar-refractivity contribution in [2.75, 3.05) is 6.61 Å². The molecule has 0 aromatic carbocycles. The van der Waals surface area contributed by atoms with Gasteiger partial charge in [0.15, 0.2) is 12.4 Å². The van der Waals surface area contributed by atoms with E-state index in [0.717, 1.165) is 18.4 Å². The molecule has 4 rings (SSSR count). The lowest BCUT2D eigenvalue weighted by molar-refractivity contribution is -0.181. The van der Waals surface area contributed by atoms with Gasteiger partial charge in [-0.3, -0.25) is 24.0 Å². The van der Waals surface area contributed by atoms with Crippen molar-refractivity contribution >= 4 is 29.4 Å². The van der Waals surface area contributed by atoms with Crippen LogP contribution in [0.4, 0.5) is 0 Å². The molecule has 3 saturated carbocycles. The van der Waals surface area contributed by atoms with Crippen molar-refractivity contribution in [3.63, 3.8) is 0 Å². The van der Waals surface area contributed by atoms with Crippen molar-refractivity contribution in [1.29, 1.82) is 0 Å². The lowest BCUT2D eigenvalue weighted by Gasteiger charge is -2.59. The molecule has 10 heteroatoms. The number of carboxylic acids is 1. The molecule has 4 N–H and O–H groups in total. The second-order valence-electron chi connectivity index (χ2n) is 11.8. The van der Waals surface area contributed by atoms with Gasteiger partial charge < -0.3 is 25.4 Å². The number of carbonyl (C=O) groups excluding carboxylic acids is 4. The summed E-state index contributed by atoms with van der Waals surface area (Å²) in [5.74, 6) is -3.41. The maximum absolute atomic E-state index is 13.3. The summed E-state index contributed by atoms with van der Waals surface area (Å²) in [6, 6.07) is -1.10. The summed E-state index contributed by atoms with van der Waals surface area (Å²) >= 11 is 0. The Morgan fingerprint density at radius 3 is 2.58 bits per heavy atom. The maximum Gasteiger partial charge on any atom is 0.325 e. The number of carbonyl (C=O) groups is 5. The summed E-state index contributed by atoms with van der Waals surface area (Å²) < 4.78 is 5.08. The predicted molar refractivity (Wildman–Crippen MR) is 133 cm³/mol. The largest absolute Gasteiger partial charge is 0.480 e. The van der Waals surface area contributed by atoms with Gasteiger partial charge in [0.1, 0.15) is 11.6 Å². The number of Topliss-reactive ketones (excluding diaryl/α,β-unsaturated/α-hetero) is 1. The Labute approximate surface area is 221 Å². The van der Waals surface area contributed by atoms with Crippen LogP contribution in [-0.4, -0.2) is 69.1 Å². The van der Waals surface area contributed by atoms with Crippen LogP contribution in [0.3, 0.4) is 0 Å². The van der Waals surface area contributed by atoms with Crippen molar-refractivity contribution in [1.82, 2.24) is 5.32 Å². The Morgan fingerprint density at radius 1 is 1.18 bits per heavy atom. The second-order valence-corrected chi connectivity index (χ2v) is 11.8. The standard InChI is InChI=1S/C28H37NO9/c1-15(25(35)36)29-22(33)6-7-23(34)38-14-21(32)28(37)11-9-19-18-5-4-16-12-17(30)8-10-26(16,2)24(18)20(31)13-27(19,28)3/h8,10,12,15,18-20,24,31,37H,4-7,9,11,13-14H2,1-3H3,(H,29,33)(H,35,36)/t15?,18-,19-,20-,24+,26-,27-,28-/m0/s1. The molecular formula is C28H37NO9. The van der Waals surface area contributed by atoms with Crippen LogP contribution in [0, 0.1) is 28.6 Å². The zero-order valence-electron chi connectivity index (χ0n) is 22.1. The predicted octanol–water partition coefficient (Wildman–Crippen LogP) is 1.48. The van der Waals surface area contributed by atoms with Gasteiger partial charge in [0, 0.05) is 23.2 Å². The molecule has 0 bridgehead atoms. The topological polar surface area (TPSA) is 167 Å². The first kappa shape index (κ1) is 28.2. The third-order valence-corrected chi connectivity index (χ3v) is 9.78. The number of carboxylic acid groups (broad SMARTS) is 1. The van der Waals surface area contributed by atoms with E-state index in [1.165, 1.54) is 6.92 Å². The molecule has 10 nitrogen and oxygen atoms in total. The van der Waals surface area contributed by atoms with Gasteiger partial charge in [-0.15, -0.1) is 0 Å². The highest BCUT2D eigenvalue weighted by Crippen LogP contribution is 2.67. The molecule has 4 aliphatic rings. The van der Waals surface area contributed by atoms with E-state index >= 15 is 0 Å². The SMILES string of the molecule is CC(NC(=O)CCC(=O)OCC(=O)[C@@]1(O)CC[C@H]2[C@@H]3CCC4=CC(=O)C=C[C@]4(C)[C@H]3[C@@H](O)C[C@@]21C)C(=O)O. The fourth-order valence-corrected chi connectivity index (χ4v) is 7.72. The van der Waals surface area contributed by atoms with Crippen LogP contribution in [0.25, 0.3) is 0 Å². The van der Waals surface area contributed by atoms with Crippen LogP contribution < -0.4 is 5.32 Å². The fourth-order valence-electron chi connectivity index (χ4n) is 7.72. The summed E-state index contributed by atoms with van der Waals surface area (Å²) in [6.07, 6.45) is 6.20. The van der Waals surface area contributed by atoms with Crippen molar-refractivity contribution < 1.29 is 44.0 Å². The fraction of sp³-hybridized carbons (Fsp3) is 0.679. The minimum absolute atomic E-state index is 0.0233. The van der Waals surface area contributed by atoms with Crippen molar-refractivity contribution in [2.24, 2.45) is 28.6 Å². The first-order valence-corrected chi connectivity index (χ1v) is 13.3.